The van der Waals surface area contributed by atoms with Gasteiger partial charge < -0.3 is 43.1 Å². The lowest BCUT2D eigenvalue weighted by atomic mass is 9.96. The van der Waals surface area contributed by atoms with Gasteiger partial charge in [0.15, 0.2) is 17.5 Å². The Balaban J connectivity index is 0.000000223. The average Bonchev–Trinajstić information content (AvgIpc) is 3.87. The number of ketones is 2. The van der Waals surface area contributed by atoms with Gasteiger partial charge >= 0.3 is 0 Å². The number of alkyl halides is 2. The molecule has 2 fully saturated rings. The van der Waals surface area contributed by atoms with Gasteiger partial charge in [0.05, 0.1) is 38.7 Å². The van der Waals surface area contributed by atoms with Gasteiger partial charge in [0.1, 0.15) is 35.3 Å². The van der Waals surface area contributed by atoms with Crippen molar-refractivity contribution < 1.29 is 42.1 Å². The van der Waals surface area contributed by atoms with Crippen LogP contribution in [0.1, 0.15) is 76.3 Å². The maximum atomic E-state index is 12.5. The summed E-state index contributed by atoms with van der Waals surface area (Å²) in [6.07, 6.45) is 3.51. The molecule has 6 rings (SSSR count). The molecule has 14 heteroatoms. The maximum absolute atomic E-state index is 12.5. The van der Waals surface area contributed by atoms with Gasteiger partial charge in [-0.1, -0.05) is 49.7 Å². The third kappa shape index (κ3) is 12.2. The van der Waals surface area contributed by atoms with Gasteiger partial charge in [-0.05, 0) is 73.2 Å². The van der Waals surface area contributed by atoms with Crippen molar-refractivity contribution in [3.05, 3.63) is 89.3 Å². The lowest BCUT2D eigenvalue weighted by molar-refractivity contribution is -0.118. The van der Waals surface area contributed by atoms with E-state index >= 15 is 0 Å². The highest BCUT2D eigenvalue weighted by Crippen LogP contribution is 2.38. The molecule has 0 bridgehead atoms. The van der Waals surface area contributed by atoms with E-state index in [1.54, 1.807) is 33.2 Å². The van der Waals surface area contributed by atoms with Crippen molar-refractivity contribution in [2.75, 3.05) is 56.8 Å². The number of carbonyl (C=O) groups is 2. The van der Waals surface area contributed by atoms with Crippen LogP contribution in [0.2, 0.25) is 5.15 Å². The van der Waals surface area contributed by atoms with E-state index in [2.05, 4.69) is 26.7 Å². The summed E-state index contributed by atoms with van der Waals surface area (Å²) in [5, 5.41) is 0.370. The number of methoxy groups -OCH3 is 2. The molecule has 2 aliphatic rings. The summed E-state index contributed by atoms with van der Waals surface area (Å²) in [6, 6.07) is 19.6. The highest BCUT2D eigenvalue weighted by atomic mass is 35.5. The molecule has 0 spiro atoms. The molecule has 4 aromatic rings. The molecule has 2 saturated heterocycles. The molecule has 312 valence electrons. The Morgan fingerprint density at radius 3 is 1.60 bits per heavy atom. The van der Waals surface area contributed by atoms with E-state index in [0.717, 1.165) is 66.5 Å². The topological polar surface area (TPSA) is 113 Å². The highest BCUT2D eigenvalue weighted by molar-refractivity contribution is 6.31. The van der Waals surface area contributed by atoms with Gasteiger partial charge in [0, 0.05) is 51.2 Å². The zero-order valence-electron chi connectivity index (χ0n) is 34.0. The first-order valence-corrected chi connectivity index (χ1v) is 19.9. The Hall–Kier alpha value is -5.17. The van der Waals surface area contributed by atoms with E-state index in [1.807, 2.05) is 61.5 Å². The smallest absolute Gasteiger partial charge is 0.272 e. The Labute approximate surface area is 344 Å². The van der Waals surface area contributed by atoms with Gasteiger partial charge in [-0.3, -0.25) is 0 Å². The minimum absolute atomic E-state index is 0.0243. The third-order valence-electron chi connectivity index (χ3n) is 10.1. The predicted octanol–water partition coefficient (Wildman–Crippen LogP) is 8.96. The fourth-order valence-electron chi connectivity index (χ4n) is 7.28. The van der Waals surface area contributed by atoms with E-state index in [0.29, 0.717) is 36.0 Å². The van der Waals surface area contributed by atoms with Crippen LogP contribution in [0.4, 0.5) is 20.2 Å². The fraction of sp³-hybridized carbons (Fsp3) is 0.455. The number of benzene rings is 2. The molecule has 58 heavy (non-hydrogen) atoms. The van der Waals surface area contributed by atoms with Crippen molar-refractivity contribution >= 4 is 34.5 Å². The molecule has 0 N–H and O–H groups in total. The van der Waals surface area contributed by atoms with Gasteiger partial charge in [-0.2, -0.15) is 0 Å². The number of hydrogen-bond acceptors (Lipinski definition) is 11. The molecule has 2 aromatic heterocycles. The molecule has 0 unspecified atom stereocenters. The zero-order chi connectivity index (χ0) is 41.8. The quantitative estimate of drug-likeness (QED) is 0.0952. The van der Waals surface area contributed by atoms with Crippen LogP contribution in [0.3, 0.4) is 0 Å². The van der Waals surface area contributed by atoms with Crippen LogP contribution in [-0.2, 0) is 9.59 Å². The van der Waals surface area contributed by atoms with E-state index in [-0.39, 0.29) is 41.5 Å². The Morgan fingerprint density at radius 1 is 0.724 bits per heavy atom. The standard InChI is InChI=1S/C23H28F2N2O4.C21H25ClN2O3/c1-15(12-16(2)28)17-4-6-18(7-5-17)31-19-9-11-27(13-19)20-8-10-26-23(22(20)29-3)30-14-21(24)25;1-14(12-15(2)25)16-4-6-17(7-5-16)27-18-9-11-24(13-18)19-8-10-23-21(22)20(19)26-3/h4-8,10,15,19,21H,9,11-14H2,1-3H3;4-8,10,14,18H,9,11-13H2,1-3H3/t15-,19-;14-,18-/m11/s1. The van der Waals surface area contributed by atoms with Crippen LogP contribution in [0, 0.1) is 0 Å². The number of ether oxygens (including phenoxy) is 5. The number of Topliss-reactive ketones (excluding diaryl/α,β-unsaturated/α-hetero) is 2. The highest BCUT2D eigenvalue weighted by Gasteiger charge is 2.29. The lowest BCUT2D eigenvalue weighted by Crippen LogP contribution is -2.25. The van der Waals surface area contributed by atoms with Crippen molar-refractivity contribution in [1.82, 2.24) is 9.97 Å². The lowest BCUT2D eigenvalue weighted by Gasteiger charge is -2.22. The van der Waals surface area contributed by atoms with Crippen molar-refractivity contribution in [3.63, 3.8) is 0 Å². The first-order chi connectivity index (χ1) is 27.8. The summed E-state index contributed by atoms with van der Waals surface area (Å²) in [7, 11) is 3.07. The molecule has 11 nitrogen and oxygen atoms in total. The third-order valence-corrected chi connectivity index (χ3v) is 10.4. The first-order valence-electron chi connectivity index (χ1n) is 19.5. The molecule has 4 atom stereocenters. The van der Waals surface area contributed by atoms with Gasteiger partial charge in [-0.15, -0.1) is 0 Å². The molecule has 0 radical (unpaired) electrons. The van der Waals surface area contributed by atoms with Gasteiger partial charge in [-0.25, -0.2) is 18.7 Å². The molecular formula is C44H53ClF2N4O7. The van der Waals surface area contributed by atoms with Crippen LogP contribution >= 0.6 is 11.6 Å². The molecular weight excluding hydrogens is 770 g/mol. The summed E-state index contributed by atoms with van der Waals surface area (Å²) in [6.45, 7) is 9.58. The molecule has 0 amide bonds. The monoisotopic (exact) mass is 822 g/mol. The minimum Gasteiger partial charge on any atom is -0.491 e. The van der Waals surface area contributed by atoms with E-state index in [9.17, 15) is 18.4 Å². The number of hydrogen-bond donors (Lipinski definition) is 0. The second-order valence-electron chi connectivity index (χ2n) is 14.7. The van der Waals surface area contributed by atoms with Crippen molar-refractivity contribution in [3.8, 4) is 28.9 Å². The fourth-order valence-corrected chi connectivity index (χ4v) is 7.51. The summed E-state index contributed by atoms with van der Waals surface area (Å²) >= 11 is 6.13. The molecule has 2 aromatic carbocycles. The zero-order valence-corrected chi connectivity index (χ0v) is 34.7. The number of carbonyl (C=O) groups excluding carboxylic acids is 2. The number of rotatable bonds is 17. The van der Waals surface area contributed by atoms with Crippen LogP contribution in [0.25, 0.3) is 0 Å². The number of halogens is 3. The Bertz CT molecular complexity index is 1950. The van der Waals surface area contributed by atoms with Crippen LogP contribution in [0.5, 0.6) is 28.9 Å². The number of aromatic nitrogens is 2. The van der Waals surface area contributed by atoms with Crippen LogP contribution in [-0.4, -0.2) is 87.2 Å². The van der Waals surface area contributed by atoms with Crippen molar-refractivity contribution in [2.24, 2.45) is 0 Å². The van der Waals surface area contributed by atoms with Gasteiger partial charge in [0.25, 0.3) is 12.3 Å². The second kappa shape index (κ2) is 21.0. The normalized spacial score (nSPS) is 17.3. The Kier molecular flexibility index (Phi) is 15.9. The SMILES string of the molecule is COc1c(N2CC[C@@H](Oc3ccc([C@H](C)CC(C)=O)cc3)C2)ccnc1Cl.COc1c(N2CC[C@@H](Oc3ccc([C@H](C)CC(C)=O)cc3)C2)ccnc1OCC(F)F. The van der Waals surface area contributed by atoms with E-state index < -0.39 is 13.0 Å². The Morgan fingerprint density at radius 2 is 1.17 bits per heavy atom. The largest absolute Gasteiger partial charge is 0.491 e. The number of nitrogens with zero attached hydrogens (tertiary/aromatic N) is 4. The average molecular weight is 823 g/mol. The van der Waals surface area contributed by atoms with Gasteiger partial charge in [0.2, 0.25) is 5.75 Å². The summed E-state index contributed by atoms with van der Waals surface area (Å²) in [4.78, 5) is 35.0. The molecule has 4 heterocycles. The summed E-state index contributed by atoms with van der Waals surface area (Å²) in [5.74, 6) is 3.40. The summed E-state index contributed by atoms with van der Waals surface area (Å²) < 4.78 is 53.2. The first kappa shape index (κ1) is 43.9. The summed E-state index contributed by atoms with van der Waals surface area (Å²) in [5.41, 5.74) is 3.94. The minimum atomic E-state index is -2.59. The molecule has 0 saturated carbocycles. The second-order valence-corrected chi connectivity index (χ2v) is 15.1. The number of anilines is 2. The molecule has 0 aliphatic carbocycles. The predicted molar refractivity (Wildman–Crippen MR) is 221 cm³/mol. The van der Waals surface area contributed by atoms with Crippen LogP contribution in [0.15, 0.2) is 73.1 Å². The van der Waals surface area contributed by atoms with Crippen molar-refractivity contribution in [1.29, 1.82) is 0 Å². The maximum Gasteiger partial charge on any atom is 0.272 e. The van der Waals surface area contributed by atoms with E-state index in [1.165, 1.54) is 13.3 Å². The van der Waals surface area contributed by atoms with Crippen LogP contribution < -0.4 is 33.5 Å². The number of pyridine rings is 2. The van der Waals surface area contributed by atoms with Crippen molar-refractivity contribution in [2.45, 2.75) is 83.8 Å². The van der Waals surface area contributed by atoms with E-state index in [4.69, 9.17) is 35.3 Å². The molecule has 2 aliphatic heterocycles.